The van der Waals surface area contributed by atoms with E-state index in [4.69, 9.17) is 14.8 Å². The molecular weight excluding hydrogens is 448 g/mol. The fourth-order valence-electron chi connectivity index (χ4n) is 4.87. The molecule has 2 aromatic heterocycles. The van der Waals surface area contributed by atoms with Gasteiger partial charge in [-0.1, -0.05) is 24.3 Å². The summed E-state index contributed by atoms with van der Waals surface area (Å²) in [7, 11) is 0. The molecule has 1 saturated heterocycles. The van der Waals surface area contributed by atoms with Crippen LogP contribution in [-0.4, -0.2) is 32.9 Å². The van der Waals surface area contributed by atoms with Crippen molar-refractivity contribution in [1.29, 1.82) is 0 Å². The van der Waals surface area contributed by atoms with Gasteiger partial charge in [0.2, 0.25) is 0 Å². The minimum Gasteiger partial charge on any atom is -0.356 e. The van der Waals surface area contributed by atoms with Gasteiger partial charge in [-0.25, -0.2) is 18.4 Å². The molecular formula is C27H25F2N5O. The maximum atomic E-state index is 14.6. The van der Waals surface area contributed by atoms with E-state index in [1.807, 2.05) is 10.7 Å². The third kappa shape index (κ3) is 4.13. The fourth-order valence-corrected chi connectivity index (χ4v) is 4.87. The Morgan fingerprint density at radius 2 is 1.94 bits per heavy atom. The van der Waals surface area contributed by atoms with Gasteiger partial charge in [0.1, 0.15) is 23.0 Å². The van der Waals surface area contributed by atoms with Crippen LogP contribution in [0.25, 0.3) is 33.4 Å². The molecule has 0 saturated carbocycles. The normalized spacial score (nSPS) is 20.4. The number of rotatable bonds is 4. The predicted octanol–water partition coefficient (Wildman–Crippen LogP) is 5.73. The summed E-state index contributed by atoms with van der Waals surface area (Å²) in [5.41, 5.74) is 3.23. The molecule has 2 aromatic carbocycles. The summed E-state index contributed by atoms with van der Waals surface area (Å²) < 4.78 is 37.1. The predicted molar refractivity (Wildman–Crippen MR) is 129 cm³/mol. The zero-order valence-corrected chi connectivity index (χ0v) is 19.1. The Labute approximate surface area is 201 Å². The van der Waals surface area contributed by atoms with Gasteiger partial charge in [0.05, 0.1) is 35.2 Å². The number of benzene rings is 2. The molecule has 6 nitrogen and oxygen atoms in total. The molecule has 0 amide bonds. The highest BCUT2D eigenvalue weighted by Crippen LogP contribution is 2.36. The topological polar surface area (TPSA) is 64.9 Å². The molecule has 0 spiro atoms. The van der Waals surface area contributed by atoms with Gasteiger partial charge in [-0.3, -0.25) is 4.98 Å². The van der Waals surface area contributed by atoms with Gasteiger partial charge in [0, 0.05) is 12.0 Å². The van der Waals surface area contributed by atoms with Gasteiger partial charge >= 0.3 is 0 Å². The lowest BCUT2D eigenvalue weighted by Gasteiger charge is -2.23. The Morgan fingerprint density at radius 3 is 2.71 bits per heavy atom. The number of hydrogen-bond donors (Lipinski definition) is 1. The van der Waals surface area contributed by atoms with E-state index in [1.54, 1.807) is 24.5 Å². The van der Waals surface area contributed by atoms with Crippen molar-refractivity contribution in [2.75, 3.05) is 13.2 Å². The molecule has 35 heavy (non-hydrogen) atoms. The van der Waals surface area contributed by atoms with E-state index in [9.17, 15) is 8.78 Å². The first kappa shape index (κ1) is 22.0. The lowest BCUT2D eigenvalue weighted by atomic mass is 10.0. The second kappa shape index (κ2) is 9.28. The van der Waals surface area contributed by atoms with Gasteiger partial charge < -0.3 is 10.1 Å². The zero-order valence-electron chi connectivity index (χ0n) is 19.1. The van der Waals surface area contributed by atoms with E-state index < -0.39 is 11.6 Å². The number of nitrogens with zero attached hydrogens (tertiary/aromatic N) is 4. The minimum absolute atomic E-state index is 0.0192. The Morgan fingerprint density at radius 1 is 1.06 bits per heavy atom. The van der Waals surface area contributed by atoms with Crippen molar-refractivity contribution in [2.45, 2.75) is 38.0 Å². The highest BCUT2D eigenvalue weighted by atomic mass is 19.1. The van der Waals surface area contributed by atoms with Crippen LogP contribution in [0.2, 0.25) is 0 Å². The summed E-state index contributed by atoms with van der Waals surface area (Å²) in [4.78, 5) is 9.31. The molecule has 2 aliphatic heterocycles. The number of halogens is 2. The molecule has 0 aliphatic carbocycles. The molecule has 1 N–H and O–H groups in total. The standard InChI is InChI=1S/C27H25F2N5O/c28-19-6-5-7-20(29)26(19)17-10-11-24-18(14-17)27(33-34(24)25-9-2-4-13-35-25)23-16-30-15-22(32-23)21-8-1-3-12-31-21/h1,5-8,10-11,14-16,21,25,31H,2-4,9,12-13H2. The summed E-state index contributed by atoms with van der Waals surface area (Å²) in [6.45, 7) is 1.55. The number of ether oxygens (including phenoxy) is 1. The summed E-state index contributed by atoms with van der Waals surface area (Å²) in [5.74, 6) is -1.21. The van der Waals surface area contributed by atoms with Gasteiger partial charge in [-0.15, -0.1) is 0 Å². The fraction of sp³-hybridized carbons (Fsp3) is 0.296. The molecule has 2 aliphatic rings. The van der Waals surface area contributed by atoms with Gasteiger partial charge in [-0.05, 0) is 62.1 Å². The van der Waals surface area contributed by atoms with E-state index in [-0.39, 0.29) is 17.8 Å². The van der Waals surface area contributed by atoms with E-state index in [0.29, 0.717) is 23.6 Å². The second-order valence-corrected chi connectivity index (χ2v) is 8.92. The van der Waals surface area contributed by atoms with Crippen LogP contribution in [0.1, 0.15) is 43.6 Å². The van der Waals surface area contributed by atoms with Crippen LogP contribution in [0.3, 0.4) is 0 Å². The lowest BCUT2D eigenvalue weighted by Crippen LogP contribution is -2.24. The second-order valence-electron chi connectivity index (χ2n) is 8.92. The van der Waals surface area contributed by atoms with Crippen molar-refractivity contribution >= 4 is 10.9 Å². The maximum absolute atomic E-state index is 14.6. The van der Waals surface area contributed by atoms with Crippen molar-refractivity contribution in [3.05, 3.63) is 78.3 Å². The average molecular weight is 474 g/mol. The minimum atomic E-state index is -0.606. The smallest absolute Gasteiger partial charge is 0.150 e. The monoisotopic (exact) mass is 473 g/mol. The van der Waals surface area contributed by atoms with Crippen molar-refractivity contribution in [3.63, 3.8) is 0 Å². The maximum Gasteiger partial charge on any atom is 0.150 e. The largest absolute Gasteiger partial charge is 0.356 e. The molecule has 0 radical (unpaired) electrons. The van der Waals surface area contributed by atoms with Crippen LogP contribution in [0.5, 0.6) is 0 Å². The number of fused-ring (bicyclic) bond motifs is 1. The van der Waals surface area contributed by atoms with E-state index >= 15 is 0 Å². The summed E-state index contributed by atoms with van der Waals surface area (Å²) >= 11 is 0. The van der Waals surface area contributed by atoms with Crippen LogP contribution in [-0.2, 0) is 4.74 Å². The first-order valence-electron chi connectivity index (χ1n) is 12.0. The number of hydrogen-bond acceptors (Lipinski definition) is 5. The Bertz CT molecular complexity index is 1390. The molecule has 4 aromatic rings. The molecule has 4 heterocycles. The molecule has 2 unspecified atom stereocenters. The SMILES string of the molecule is Fc1cccc(F)c1-c1ccc2c(c1)c(-c1cncc(C3C=CCCN3)n1)nn2C1CCCCO1. The summed E-state index contributed by atoms with van der Waals surface area (Å²) in [5, 5.41) is 9.09. The Kier molecular flexibility index (Phi) is 5.83. The third-order valence-corrected chi connectivity index (χ3v) is 6.60. The van der Waals surface area contributed by atoms with Crippen LogP contribution < -0.4 is 5.32 Å². The van der Waals surface area contributed by atoms with Gasteiger partial charge in [0.25, 0.3) is 0 Å². The summed E-state index contributed by atoms with van der Waals surface area (Å²) in [6, 6.07) is 9.25. The molecule has 0 bridgehead atoms. The molecule has 1 fully saturated rings. The first-order chi connectivity index (χ1) is 17.2. The van der Waals surface area contributed by atoms with E-state index in [0.717, 1.165) is 48.8 Å². The van der Waals surface area contributed by atoms with Crippen molar-refractivity contribution < 1.29 is 13.5 Å². The lowest BCUT2D eigenvalue weighted by molar-refractivity contribution is -0.0365. The number of nitrogens with one attached hydrogen (secondary N) is 1. The first-order valence-corrected chi connectivity index (χ1v) is 12.0. The van der Waals surface area contributed by atoms with Crippen molar-refractivity contribution in [1.82, 2.24) is 25.1 Å². The van der Waals surface area contributed by atoms with E-state index in [1.165, 1.54) is 18.2 Å². The van der Waals surface area contributed by atoms with Gasteiger partial charge in [-0.2, -0.15) is 5.10 Å². The number of aromatic nitrogens is 4. The highest BCUT2D eigenvalue weighted by molar-refractivity contribution is 5.95. The highest BCUT2D eigenvalue weighted by Gasteiger charge is 2.24. The molecule has 6 rings (SSSR count). The van der Waals surface area contributed by atoms with Crippen LogP contribution >= 0.6 is 0 Å². The third-order valence-electron chi connectivity index (χ3n) is 6.60. The van der Waals surface area contributed by atoms with Crippen molar-refractivity contribution in [2.24, 2.45) is 0 Å². The Balaban J connectivity index is 1.52. The van der Waals surface area contributed by atoms with Crippen molar-refractivity contribution in [3.8, 4) is 22.5 Å². The molecule has 178 valence electrons. The van der Waals surface area contributed by atoms with E-state index in [2.05, 4.69) is 22.5 Å². The summed E-state index contributed by atoms with van der Waals surface area (Å²) in [6.07, 6.45) is 11.4. The van der Waals surface area contributed by atoms with Crippen LogP contribution in [0, 0.1) is 11.6 Å². The zero-order chi connectivity index (χ0) is 23.8. The quantitative estimate of drug-likeness (QED) is 0.384. The molecule has 8 heteroatoms. The average Bonchev–Trinajstić information content (AvgIpc) is 3.29. The van der Waals surface area contributed by atoms with Crippen LogP contribution in [0.4, 0.5) is 8.78 Å². The Hall–Kier alpha value is -3.49. The van der Waals surface area contributed by atoms with Crippen LogP contribution in [0.15, 0.2) is 60.9 Å². The molecule has 2 atom stereocenters. The van der Waals surface area contributed by atoms with Gasteiger partial charge in [0.15, 0.2) is 6.23 Å².